The number of halogens is 3. The second-order valence-corrected chi connectivity index (χ2v) is 8.69. The molecule has 1 N–H and O–H groups in total. The van der Waals surface area contributed by atoms with Crippen molar-refractivity contribution >= 4 is 33.8 Å². The van der Waals surface area contributed by atoms with Gasteiger partial charge in [0.25, 0.3) is 0 Å². The lowest BCUT2D eigenvalue weighted by molar-refractivity contribution is 0.110. The Morgan fingerprint density at radius 1 is 1.21 bits per heavy atom. The largest absolute Gasteiger partial charge is 0.483 e. The van der Waals surface area contributed by atoms with Crippen LogP contribution in [-0.2, 0) is 26.3 Å². The Balaban J connectivity index is 1.84. The standard InChI is InChI=1S/C24H23BrClFN2O4/c1-28(12-17-7-8-19(27)18(26)11-17)9-10-29-20(13-30)22(25)23(32)24(21(29)14-31)33-15-16-5-3-2-4-6-16/h2-8,11,14,30H,9-10,12-13,15H2,1H3. The minimum absolute atomic E-state index is 0.0521. The van der Waals surface area contributed by atoms with E-state index >= 15 is 0 Å². The number of ether oxygens (including phenoxy) is 1. The molecule has 33 heavy (non-hydrogen) atoms. The quantitative estimate of drug-likeness (QED) is 0.388. The monoisotopic (exact) mass is 536 g/mol. The summed E-state index contributed by atoms with van der Waals surface area (Å²) in [5.74, 6) is -0.557. The van der Waals surface area contributed by atoms with Gasteiger partial charge in [-0.25, -0.2) is 4.39 Å². The average molecular weight is 538 g/mol. The highest BCUT2D eigenvalue weighted by Crippen LogP contribution is 2.23. The van der Waals surface area contributed by atoms with Crippen molar-refractivity contribution in [3.05, 3.63) is 96.6 Å². The number of hydrogen-bond donors (Lipinski definition) is 1. The van der Waals surface area contributed by atoms with Crippen molar-refractivity contribution in [1.82, 2.24) is 9.47 Å². The molecule has 9 heteroatoms. The first-order valence-electron chi connectivity index (χ1n) is 10.2. The molecule has 174 valence electrons. The van der Waals surface area contributed by atoms with Crippen LogP contribution in [0.5, 0.6) is 5.75 Å². The molecule has 0 amide bonds. The number of aldehydes is 1. The molecule has 1 aromatic heterocycles. The smallest absolute Gasteiger partial charge is 0.238 e. The number of aliphatic hydroxyl groups is 1. The maximum Gasteiger partial charge on any atom is 0.238 e. The van der Waals surface area contributed by atoms with Crippen LogP contribution in [0.2, 0.25) is 5.02 Å². The Bertz CT molecular complexity index is 1190. The van der Waals surface area contributed by atoms with Crippen LogP contribution in [0.25, 0.3) is 0 Å². The van der Waals surface area contributed by atoms with Crippen molar-refractivity contribution in [3.8, 4) is 5.75 Å². The molecule has 0 fully saturated rings. The van der Waals surface area contributed by atoms with E-state index in [2.05, 4.69) is 15.9 Å². The third kappa shape index (κ3) is 6.09. The van der Waals surface area contributed by atoms with Gasteiger partial charge in [0, 0.05) is 19.6 Å². The van der Waals surface area contributed by atoms with Gasteiger partial charge in [-0.2, -0.15) is 0 Å². The Morgan fingerprint density at radius 3 is 2.58 bits per heavy atom. The van der Waals surface area contributed by atoms with Crippen LogP contribution < -0.4 is 10.2 Å². The van der Waals surface area contributed by atoms with Crippen molar-refractivity contribution in [2.75, 3.05) is 13.6 Å². The van der Waals surface area contributed by atoms with E-state index in [0.29, 0.717) is 25.9 Å². The highest BCUT2D eigenvalue weighted by atomic mass is 79.9. The second-order valence-electron chi connectivity index (χ2n) is 7.49. The fourth-order valence-electron chi connectivity index (χ4n) is 3.43. The zero-order valence-corrected chi connectivity index (χ0v) is 20.3. The molecule has 0 spiro atoms. The zero-order valence-electron chi connectivity index (χ0n) is 17.9. The second kappa shape index (κ2) is 11.6. The van der Waals surface area contributed by atoms with Crippen LogP contribution in [0.3, 0.4) is 0 Å². The summed E-state index contributed by atoms with van der Waals surface area (Å²) in [5.41, 5.74) is 1.52. The van der Waals surface area contributed by atoms with Gasteiger partial charge in [0.2, 0.25) is 5.43 Å². The van der Waals surface area contributed by atoms with Crippen molar-refractivity contribution in [2.45, 2.75) is 26.3 Å². The number of carbonyl (C=O) groups excluding carboxylic acids is 1. The van der Waals surface area contributed by atoms with E-state index in [1.54, 1.807) is 16.7 Å². The number of hydrogen-bond acceptors (Lipinski definition) is 5. The summed E-state index contributed by atoms with van der Waals surface area (Å²) < 4.78 is 20.9. The number of benzene rings is 2. The molecule has 0 unspecified atom stereocenters. The summed E-state index contributed by atoms with van der Waals surface area (Å²) in [6.45, 7) is 0.940. The molecule has 0 aliphatic rings. The molecule has 0 bridgehead atoms. The van der Waals surface area contributed by atoms with Crippen LogP contribution in [0.4, 0.5) is 4.39 Å². The lowest BCUT2D eigenvalue weighted by atomic mass is 10.2. The summed E-state index contributed by atoms with van der Waals surface area (Å²) in [4.78, 5) is 26.8. The number of carbonyl (C=O) groups is 1. The summed E-state index contributed by atoms with van der Waals surface area (Å²) in [7, 11) is 1.86. The third-order valence-electron chi connectivity index (χ3n) is 5.14. The predicted molar refractivity (Wildman–Crippen MR) is 128 cm³/mol. The number of rotatable bonds is 10. The van der Waals surface area contributed by atoms with Crippen molar-refractivity contribution < 1.29 is 19.0 Å². The summed E-state index contributed by atoms with van der Waals surface area (Å²) in [6, 6.07) is 13.8. The molecular weight excluding hydrogens is 515 g/mol. The summed E-state index contributed by atoms with van der Waals surface area (Å²) in [6.07, 6.45) is 0.563. The molecule has 0 saturated heterocycles. The SMILES string of the molecule is CN(CCn1c(C=O)c(OCc2ccccc2)c(=O)c(Br)c1CO)Cc1ccc(F)c(Cl)c1. The van der Waals surface area contributed by atoms with Gasteiger partial charge >= 0.3 is 0 Å². The van der Waals surface area contributed by atoms with Crippen molar-refractivity contribution in [1.29, 1.82) is 0 Å². The van der Waals surface area contributed by atoms with Crippen LogP contribution in [0.15, 0.2) is 57.8 Å². The van der Waals surface area contributed by atoms with Gasteiger partial charge in [0.1, 0.15) is 18.1 Å². The fraction of sp³-hybridized carbons (Fsp3) is 0.250. The molecule has 0 saturated carbocycles. The Labute approximate surface area is 204 Å². The topological polar surface area (TPSA) is 71.8 Å². The molecule has 2 aromatic carbocycles. The molecule has 0 atom stereocenters. The molecule has 6 nitrogen and oxygen atoms in total. The van der Waals surface area contributed by atoms with Gasteiger partial charge in [-0.3, -0.25) is 9.59 Å². The van der Waals surface area contributed by atoms with Crippen LogP contribution >= 0.6 is 27.5 Å². The minimum atomic E-state index is -0.498. The van der Waals surface area contributed by atoms with E-state index in [4.69, 9.17) is 16.3 Å². The first-order chi connectivity index (χ1) is 15.8. The highest BCUT2D eigenvalue weighted by Gasteiger charge is 2.21. The Hall–Kier alpha value is -2.52. The van der Waals surface area contributed by atoms with Crippen LogP contribution in [0.1, 0.15) is 27.3 Å². The first kappa shape index (κ1) is 25.1. The number of aromatic nitrogens is 1. The molecule has 1 heterocycles. The average Bonchev–Trinajstić information content (AvgIpc) is 2.81. The van der Waals surface area contributed by atoms with Gasteiger partial charge in [-0.15, -0.1) is 0 Å². The number of aliphatic hydroxyl groups excluding tert-OH is 1. The van der Waals surface area contributed by atoms with E-state index in [1.165, 1.54) is 6.07 Å². The summed E-state index contributed by atoms with van der Waals surface area (Å²) in [5, 5.41) is 9.94. The van der Waals surface area contributed by atoms with Gasteiger partial charge in [-0.05, 0) is 46.2 Å². The fourth-order valence-corrected chi connectivity index (χ4v) is 4.15. The number of pyridine rings is 1. The maximum atomic E-state index is 13.4. The van der Waals surface area contributed by atoms with E-state index in [-0.39, 0.29) is 33.2 Å². The molecule has 3 rings (SSSR count). The third-order valence-corrected chi connectivity index (χ3v) is 6.24. The normalized spacial score (nSPS) is 11.1. The molecular formula is C24H23BrClFN2O4. The van der Waals surface area contributed by atoms with Crippen LogP contribution in [0, 0.1) is 5.82 Å². The molecule has 3 aromatic rings. The Morgan fingerprint density at radius 2 is 1.94 bits per heavy atom. The lowest BCUT2D eigenvalue weighted by Gasteiger charge is -2.23. The highest BCUT2D eigenvalue weighted by molar-refractivity contribution is 9.10. The van der Waals surface area contributed by atoms with E-state index < -0.39 is 17.9 Å². The number of likely N-dealkylation sites (N-methyl/N-ethyl adjacent to an activating group) is 1. The molecule has 0 aliphatic heterocycles. The predicted octanol–water partition coefficient (Wildman–Crippen LogP) is 4.42. The minimum Gasteiger partial charge on any atom is -0.483 e. The lowest BCUT2D eigenvalue weighted by Crippen LogP contribution is -2.28. The van der Waals surface area contributed by atoms with E-state index in [1.807, 2.05) is 42.3 Å². The first-order valence-corrected chi connectivity index (χ1v) is 11.3. The van der Waals surface area contributed by atoms with Crippen LogP contribution in [-0.4, -0.2) is 34.5 Å². The van der Waals surface area contributed by atoms with E-state index in [0.717, 1.165) is 11.1 Å². The van der Waals surface area contributed by atoms with Gasteiger partial charge < -0.3 is 19.3 Å². The Kier molecular flexibility index (Phi) is 8.80. The zero-order chi connectivity index (χ0) is 24.0. The van der Waals surface area contributed by atoms with Crippen molar-refractivity contribution in [3.63, 3.8) is 0 Å². The van der Waals surface area contributed by atoms with Gasteiger partial charge in [0.15, 0.2) is 12.0 Å². The van der Waals surface area contributed by atoms with Gasteiger partial charge in [0.05, 0.1) is 21.8 Å². The molecule has 0 aliphatic carbocycles. The van der Waals surface area contributed by atoms with E-state index in [9.17, 15) is 19.1 Å². The summed E-state index contributed by atoms with van der Waals surface area (Å²) >= 11 is 9.11. The number of nitrogens with zero attached hydrogens (tertiary/aromatic N) is 2. The maximum absolute atomic E-state index is 13.4. The molecule has 0 radical (unpaired) electrons. The van der Waals surface area contributed by atoms with Gasteiger partial charge in [-0.1, -0.05) is 48.0 Å². The van der Waals surface area contributed by atoms with Crippen molar-refractivity contribution in [2.24, 2.45) is 0 Å².